The zero-order valence-electron chi connectivity index (χ0n) is 17.8. The molecule has 1 aliphatic rings. The Morgan fingerprint density at radius 3 is 2.16 bits per heavy atom. The summed E-state index contributed by atoms with van der Waals surface area (Å²) in [6, 6.07) is 16.1. The molecule has 31 heavy (non-hydrogen) atoms. The van der Waals surface area contributed by atoms with Crippen molar-refractivity contribution >= 4 is 0 Å². The number of hydrogen-bond acceptors (Lipinski definition) is 0. The fourth-order valence-electron chi connectivity index (χ4n) is 4.48. The SMILES string of the molecule is Cc1ccc(-c2ccc(CC3CCC(c4cc[c-]c(F)c4F)CC3)cc2)c(F)c1F.[Rb+]. The first-order valence-corrected chi connectivity index (χ1v) is 10.3. The van der Waals surface area contributed by atoms with Crippen molar-refractivity contribution in [2.75, 3.05) is 0 Å². The van der Waals surface area contributed by atoms with Gasteiger partial charge in [-0.25, -0.2) is 13.2 Å². The van der Waals surface area contributed by atoms with Gasteiger partial charge in [-0.05, 0) is 67.6 Å². The molecular weight excluding hydrogens is 474 g/mol. The first-order chi connectivity index (χ1) is 14.4. The van der Waals surface area contributed by atoms with Crippen molar-refractivity contribution in [1.82, 2.24) is 0 Å². The van der Waals surface area contributed by atoms with E-state index in [9.17, 15) is 17.6 Å². The van der Waals surface area contributed by atoms with Gasteiger partial charge >= 0.3 is 58.2 Å². The van der Waals surface area contributed by atoms with Crippen LogP contribution in [0.15, 0.2) is 48.5 Å². The van der Waals surface area contributed by atoms with Gasteiger partial charge in [-0.2, -0.15) is 12.1 Å². The van der Waals surface area contributed by atoms with Crippen LogP contribution in [-0.2, 0) is 6.42 Å². The third kappa shape index (κ3) is 5.58. The van der Waals surface area contributed by atoms with Crippen LogP contribution in [0.2, 0.25) is 0 Å². The zero-order chi connectivity index (χ0) is 21.3. The maximum Gasteiger partial charge on any atom is 1.00 e. The minimum absolute atomic E-state index is 0. The van der Waals surface area contributed by atoms with Gasteiger partial charge in [0.1, 0.15) is 0 Å². The van der Waals surface area contributed by atoms with Crippen LogP contribution in [0.25, 0.3) is 11.1 Å². The molecule has 0 spiro atoms. The second kappa shape index (κ2) is 10.9. The quantitative estimate of drug-likeness (QED) is 0.367. The fraction of sp³-hybridized carbons (Fsp3) is 0.308. The van der Waals surface area contributed by atoms with Gasteiger partial charge < -0.3 is 0 Å². The van der Waals surface area contributed by atoms with E-state index in [1.165, 1.54) is 6.07 Å². The minimum atomic E-state index is -0.903. The van der Waals surface area contributed by atoms with Crippen LogP contribution in [0.1, 0.15) is 48.3 Å². The second-order valence-corrected chi connectivity index (χ2v) is 8.24. The molecule has 0 aliphatic heterocycles. The molecular formula is C26H23F4Rb. The minimum Gasteiger partial charge on any atom is -0.281 e. The molecule has 0 nitrogen and oxygen atoms in total. The summed E-state index contributed by atoms with van der Waals surface area (Å²) in [5.74, 6) is -2.77. The summed E-state index contributed by atoms with van der Waals surface area (Å²) in [6.45, 7) is 1.54. The molecule has 1 fully saturated rings. The van der Waals surface area contributed by atoms with E-state index in [2.05, 4.69) is 6.07 Å². The van der Waals surface area contributed by atoms with Gasteiger partial charge in [0.15, 0.2) is 11.6 Å². The maximum atomic E-state index is 14.2. The summed E-state index contributed by atoms with van der Waals surface area (Å²) < 4.78 is 55.5. The van der Waals surface area contributed by atoms with Crippen LogP contribution in [-0.4, -0.2) is 0 Å². The first kappa shape index (κ1) is 24.8. The summed E-state index contributed by atoms with van der Waals surface area (Å²) in [5, 5.41) is 0. The maximum absolute atomic E-state index is 14.2. The van der Waals surface area contributed by atoms with Crippen LogP contribution in [0.5, 0.6) is 0 Å². The van der Waals surface area contributed by atoms with Crippen LogP contribution >= 0.6 is 0 Å². The van der Waals surface area contributed by atoms with Crippen molar-refractivity contribution in [3.63, 3.8) is 0 Å². The number of rotatable bonds is 4. The third-order valence-corrected chi connectivity index (χ3v) is 6.27. The normalized spacial score (nSPS) is 18.5. The van der Waals surface area contributed by atoms with E-state index in [-0.39, 0.29) is 69.7 Å². The smallest absolute Gasteiger partial charge is 0.281 e. The van der Waals surface area contributed by atoms with Crippen molar-refractivity contribution in [2.45, 2.75) is 44.9 Å². The van der Waals surface area contributed by atoms with E-state index in [0.29, 0.717) is 22.6 Å². The van der Waals surface area contributed by atoms with Gasteiger partial charge in [0.25, 0.3) is 0 Å². The zero-order valence-corrected chi connectivity index (χ0v) is 22.7. The summed E-state index contributed by atoms with van der Waals surface area (Å²) in [4.78, 5) is 0. The topological polar surface area (TPSA) is 0 Å². The molecule has 0 radical (unpaired) electrons. The molecule has 0 bridgehead atoms. The van der Waals surface area contributed by atoms with Crippen molar-refractivity contribution in [1.29, 1.82) is 0 Å². The Bertz CT molecular complexity index is 1040. The fourth-order valence-corrected chi connectivity index (χ4v) is 4.48. The van der Waals surface area contributed by atoms with Gasteiger partial charge in [-0.15, -0.1) is 11.6 Å². The van der Waals surface area contributed by atoms with Gasteiger partial charge in [0.2, 0.25) is 0 Å². The number of hydrogen-bond donors (Lipinski definition) is 0. The Morgan fingerprint density at radius 2 is 1.48 bits per heavy atom. The predicted molar refractivity (Wildman–Crippen MR) is 110 cm³/mol. The van der Waals surface area contributed by atoms with E-state index in [1.54, 1.807) is 25.1 Å². The molecule has 0 amide bonds. The Hall–Kier alpha value is -0.815. The summed E-state index contributed by atoms with van der Waals surface area (Å²) in [6.07, 6.45) is 4.44. The Balaban J connectivity index is 0.00000272. The van der Waals surface area contributed by atoms with Crippen molar-refractivity contribution < 1.29 is 75.7 Å². The van der Waals surface area contributed by atoms with Crippen molar-refractivity contribution in [2.24, 2.45) is 5.92 Å². The standard InChI is InChI=1S/C26H23F4.Rb/c1-16-5-14-22(26(30)24(16)28)20-12-8-18(9-13-20)15-17-6-10-19(11-7-17)21-3-2-4-23(27)25(21)29;/h2-3,5,8-9,12-14,17,19H,6-7,10-11,15H2,1H3;/q-1;+1. The molecule has 3 aromatic carbocycles. The third-order valence-electron chi connectivity index (χ3n) is 6.27. The van der Waals surface area contributed by atoms with Gasteiger partial charge in [0.05, 0.1) is 0 Å². The molecule has 156 valence electrons. The average molecular weight is 497 g/mol. The summed E-state index contributed by atoms with van der Waals surface area (Å²) >= 11 is 0. The van der Waals surface area contributed by atoms with Crippen molar-refractivity contribution in [3.05, 3.63) is 94.6 Å². The second-order valence-electron chi connectivity index (χ2n) is 8.24. The Morgan fingerprint density at radius 1 is 0.806 bits per heavy atom. The molecule has 0 unspecified atom stereocenters. The Labute approximate surface area is 229 Å². The van der Waals surface area contributed by atoms with Crippen LogP contribution < -0.4 is 58.2 Å². The Kier molecular flexibility index (Phi) is 8.70. The number of aryl methyl sites for hydroxylation is 1. The van der Waals surface area contributed by atoms with E-state index in [1.807, 2.05) is 24.3 Å². The molecule has 0 atom stereocenters. The van der Waals surface area contributed by atoms with E-state index >= 15 is 0 Å². The van der Waals surface area contributed by atoms with Crippen LogP contribution in [0.3, 0.4) is 0 Å². The first-order valence-electron chi connectivity index (χ1n) is 10.3. The number of benzene rings is 3. The monoisotopic (exact) mass is 496 g/mol. The van der Waals surface area contributed by atoms with Crippen LogP contribution in [0.4, 0.5) is 17.6 Å². The van der Waals surface area contributed by atoms with Gasteiger partial charge in [-0.1, -0.05) is 36.4 Å². The molecule has 0 aromatic heterocycles. The molecule has 1 saturated carbocycles. The summed E-state index contributed by atoms with van der Waals surface area (Å²) in [5.41, 5.74) is 2.81. The van der Waals surface area contributed by atoms with E-state index in [4.69, 9.17) is 0 Å². The molecule has 5 heteroatoms. The average Bonchev–Trinajstić information content (AvgIpc) is 2.76. The molecule has 0 heterocycles. The van der Waals surface area contributed by atoms with Crippen molar-refractivity contribution in [3.8, 4) is 11.1 Å². The van der Waals surface area contributed by atoms with Gasteiger partial charge in [0, 0.05) is 17.2 Å². The van der Waals surface area contributed by atoms with Crippen LogP contribution in [0, 0.1) is 42.2 Å². The van der Waals surface area contributed by atoms with Gasteiger partial charge in [-0.3, -0.25) is 4.39 Å². The van der Waals surface area contributed by atoms with E-state index < -0.39 is 23.3 Å². The summed E-state index contributed by atoms with van der Waals surface area (Å²) in [7, 11) is 0. The largest absolute Gasteiger partial charge is 1.00 e. The number of halogens is 4. The molecule has 1 aliphatic carbocycles. The molecule has 4 rings (SSSR count). The predicted octanol–water partition coefficient (Wildman–Crippen LogP) is 4.54. The molecule has 3 aromatic rings. The van der Waals surface area contributed by atoms with E-state index in [0.717, 1.165) is 37.7 Å². The molecule has 0 N–H and O–H groups in total. The molecule has 0 saturated heterocycles.